The van der Waals surface area contributed by atoms with Gasteiger partial charge < -0.3 is 17.7 Å². The van der Waals surface area contributed by atoms with Crippen LogP contribution >= 0.6 is 0 Å². The van der Waals surface area contributed by atoms with Crippen molar-refractivity contribution in [2.45, 2.75) is 194 Å². The zero-order valence-electron chi connectivity index (χ0n) is 32.2. The Morgan fingerprint density at radius 3 is 0.953 bits per heavy atom. The Hall–Kier alpha value is -0.0425. The molecule has 43 heavy (non-hydrogen) atoms. The highest BCUT2D eigenvalue weighted by Crippen LogP contribution is 2.52. The fourth-order valence-electron chi connectivity index (χ4n) is 8.74. The topological polar surface area (TPSA) is 56.8 Å². The predicted molar refractivity (Wildman–Crippen MR) is 199 cm³/mol. The molecule has 0 aliphatic heterocycles. The van der Waals surface area contributed by atoms with Crippen LogP contribution in [0.5, 0.6) is 0 Å². The second kappa shape index (κ2) is 17.2. The van der Waals surface area contributed by atoms with E-state index in [9.17, 15) is 4.79 Å². The molecule has 1 amide bonds. The number of rotatable bonds is 20. The van der Waals surface area contributed by atoms with Crippen LogP contribution < -0.4 is 5.32 Å². The highest BCUT2D eigenvalue weighted by Gasteiger charge is 2.63. The third-order valence-electron chi connectivity index (χ3n) is 10.5. The number of carbonyl (C=O) groups is 1. The van der Waals surface area contributed by atoms with E-state index in [1.807, 2.05) is 0 Å². The van der Waals surface area contributed by atoms with Gasteiger partial charge in [0.25, 0.3) is 0 Å². The first-order valence-electron chi connectivity index (χ1n) is 17.5. The van der Waals surface area contributed by atoms with Crippen molar-refractivity contribution < 1.29 is 17.1 Å². The molecule has 256 valence electrons. The minimum absolute atomic E-state index is 0.0872. The van der Waals surface area contributed by atoms with E-state index < -0.39 is 33.8 Å². The van der Waals surface area contributed by atoms with E-state index >= 15 is 0 Å². The van der Waals surface area contributed by atoms with Crippen molar-refractivity contribution in [1.82, 2.24) is 5.32 Å². The van der Waals surface area contributed by atoms with Crippen LogP contribution in [0.2, 0.25) is 55.9 Å². The van der Waals surface area contributed by atoms with Gasteiger partial charge in [-0.05, 0) is 63.2 Å². The second-order valence-electron chi connectivity index (χ2n) is 16.1. The van der Waals surface area contributed by atoms with Crippen LogP contribution in [0.4, 0.5) is 0 Å². The van der Waals surface area contributed by atoms with Crippen molar-refractivity contribution in [3.8, 4) is 0 Å². The van der Waals surface area contributed by atoms with E-state index in [4.69, 9.17) is 12.3 Å². The molecule has 9 heteroatoms. The summed E-state index contributed by atoms with van der Waals surface area (Å²) in [4.78, 5) is 12.5. The van der Waals surface area contributed by atoms with E-state index in [2.05, 4.69) is 137 Å². The van der Waals surface area contributed by atoms with E-state index in [1.54, 1.807) is 6.92 Å². The van der Waals surface area contributed by atoms with Crippen molar-refractivity contribution in [3.63, 3.8) is 0 Å². The Bertz CT molecular complexity index is 720. The molecule has 0 aromatic heterocycles. The molecule has 0 bridgehead atoms. The van der Waals surface area contributed by atoms with E-state index in [0.717, 1.165) is 12.5 Å². The molecule has 5 nitrogen and oxygen atoms in total. The summed E-state index contributed by atoms with van der Waals surface area (Å²) < 4.78 is 24.1. The monoisotopic (exact) mass is 673 g/mol. The Morgan fingerprint density at radius 2 is 0.767 bits per heavy atom. The van der Waals surface area contributed by atoms with Crippen molar-refractivity contribution in [2.24, 2.45) is 0 Å². The Balaban J connectivity index is 7.87. The summed E-state index contributed by atoms with van der Waals surface area (Å²) in [5.41, 5.74) is 4.25. The van der Waals surface area contributed by atoms with Gasteiger partial charge in [-0.25, -0.2) is 0 Å². The maximum absolute atomic E-state index is 12.5. The molecule has 0 atom stereocenters. The van der Waals surface area contributed by atoms with Crippen molar-refractivity contribution >= 4 is 39.7 Å². The van der Waals surface area contributed by atoms with Gasteiger partial charge in [0.15, 0.2) is 25.0 Å². The molecule has 0 rings (SSSR count). The highest BCUT2D eigenvalue weighted by atomic mass is 28.5. The third-order valence-corrected chi connectivity index (χ3v) is 35.6. The second-order valence-corrected chi connectivity index (χ2v) is 35.9. The van der Waals surface area contributed by atoms with Crippen molar-refractivity contribution in [1.29, 1.82) is 0 Å². The van der Waals surface area contributed by atoms with Crippen molar-refractivity contribution in [3.05, 3.63) is 12.2 Å². The quantitative estimate of drug-likeness (QED) is 0.0794. The summed E-state index contributed by atoms with van der Waals surface area (Å²) in [5.74, 6) is -0.0872. The summed E-state index contributed by atoms with van der Waals surface area (Å²) in [6, 6.07) is 0.728. The number of carbonyl (C=O) groups excluding carboxylic acids is 1. The van der Waals surface area contributed by atoms with Gasteiger partial charge in [-0.3, -0.25) is 4.79 Å². The lowest BCUT2D eigenvalue weighted by Gasteiger charge is -2.56. The standard InChI is InChI=1S/C34H75NO4Si4/c1-24(2)34(36)35-22-21-23-40(37-41(25(3)4,26(5)6)27(7)8,38-42(28(9)10,29(11)12)30(13)14)39-43(31(15)16,32(17)18)33(19)20/h25-33H,1,21-23H2,2-20H3,(H,35,36). The van der Waals surface area contributed by atoms with Gasteiger partial charge in [0.2, 0.25) is 5.91 Å². The van der Waals surface area contributed by atoms with E-state index in [0.29, 0.717) is 62.0 Å². The molecule has 0 aromatic carbocycles. The van der Waals surface area contributed by atoms with Crippen molar-refractivity contribution in [2.75, 3.05) is 6.54 Å². The maximum Gasteiger partial charge on any atom is 0.469 e. The van der Waals surface area contributed by atoms with Gasteiger partial charge >= 0.3 is 8.80 Å². The van der Waals surface area contributed by atoms with Gasteiger partial charge in [-0.1, -0.05) is 131 Å². The van der Waals surface area contributed by atoms with Crippen LogP contribution in [0, 0.1) is 0 Å². The van der Waals surface area contributed by atoms with Gasteiger partial charge in [-0.2, -0.15) is 0 Å². The molecule has 0 aliphatic carbocycles. The highest BCUT2D eigenvalue weighted by molar-refractivity contribution is 6.94. The third kappa shape index (κ3) is 9.50. The molecule has 0 aromatic rings. The molecule has 0 fully saturated rings. The van der Waals surface area contributed by atoms with Gasteiger partial charge in [0, 0.05) is 18.2 Å². The number of hydrogen-bond acceptors (Lipinski definition) is 4. The molecular formula is C34H75NO4Si4. The molecule has 0 unspecified atom stereocenters. The average molecular weight is 674 g/mol. The van der Waals surface area contributed by atoms with E-state index in [-0.39, 0.29) is 5.91 Å². The molecule has 0 spiro atoms. The first kappa shape index (κ1) is 43.0. The number of amides is 1. The minimum Gasteiger partial charge on any atom is -0.415 e. The normalized spacial score (nSPS) is 14.2. The van der Waals surface area contributed by atoms with Crippen LogP contribution in [0.25, 0.3) is 0 Å². The maximum atomic E-state index is 12.5. The summed E-state index contributed by atoms with van der Waals surface area (Å²) in [7, 11) is -10.6. The molecule has 0 radical (unpaired) electrons. The Morgan fingerprint density at radius 1 is 0.535 bits per heavy atom. The summed E-state index contributed by atoms with van der Waals surface area (Å²) >= 11 is 0. The van der Waals surface area contributed by atoms with Crippen LogP contribution in [0.3, 0.4) is 0 Å². The molecule has 0 saturated heterocycles. The van der Waals surface area contributed by atoms with Gasteiger partial charge in [0.05, 0.1) is 0 Å². The Kier molecular flexibility index (Phi) is 17.2. The smallest absolute Gasteiger partial charge is 0.415 e. The first-order valence-corrected chi connectivity index (χ1v) is 25.8. The predicted octanol–water partition coefficient (Wildman–Crippen LogP) is 11.6. The molecule has 0 heterocycles. The summed E-state index contributed by atoms with van der Waals surface area (Å²) in [6.45, 7) is 48.8. The molecular weight excluding hydrogens is 599 g/mol. The molecule has 1 N–H and O–H groups in total. The van der Waals surface area contributed by atoms with Gasteiger partial charge in [0.1, 0.15) is 0 Å². The lowest BCUT2D eigenvalue weighted by Crippen LogP contribution is -2.69. The first-order chi connectivity index (χ1) is 19.4. The summed E-state index contributed by atoms with van der Waals surface area (Å²) in [6.07, 6.45) is 0.765. The molecule has 0 saturated carbocycles. The molecule has 0 aliphatic rings. The Labute approximate surface area is 273 Å². The van der Waals surface area contributed by atoms with Crippen LogP contribution in [-0.2, 0) is 17.1 Å². The van der Waals surface area contributed by atoms with Crippen LogP contribution in [0.1, 0.15) is 138 Å². The fraction of sp³-hybridized carbons (Fsp3) is 0.912. The lowest BCUT2D eigenvalue weighted by atomic mass is 10.3. The zero-order chi connectivity index (χ0) is 34.3. The lowest BCUT2D eigenvalue weighted by molar-refractivity contribution is -0.117. The number of nitrogens with one attached hydrogen (secondary N) is 1. The minimum atomic E-state index is -3.35. The SMILES string of the molecule is C=C(C)C(=O)NCCC[Si](O[Si](C(C)C)(C(C)C)C(C)C)(O[Si](C(C)C)(C(C)C)C(C)C)O[Si](C(C)C)(C(C)C)C(C)C. The van der Waals surface area contributed by atoms with Crippen LogP contribution in [-0.4, -0.2) is 46.2 Å². The van der Waals surface area contributed by atoms with Gasteiger partial charge in [-0.15, -0.1) is 0 Å². The number of hydrogen-bond donors (Lipinski definition) is 1. The van der Waals surface area contributed by atoms with E-state index in [1.165, 1.54) is 0 Å². The largest absolute Gasteiger partial charge is 0.469 e. The van der Waals surface area contributed by atoms with Crippen LogP contribution in [0.15, 0.2) is 12.2 Å². The summed E-state index contributed by atoms with van der Waals surface area (Å²) in [5, 5.41) is 3.10. The average Bonchev–Trinajstić information content (AvgIpc) is 2.84. The zero-order valence-corrected chi connectivity index (χ0v) is 36.2. The fourth-order valence-corrected chi connectivity index (χ4v) is 39.2.